The molecule has 1 amide bonds. The first-order valence-electron chi connectivity index (χ1n) is 4.69. The molecule has 1 unspecified atom stereocenters. The number of carboxylic acid groups (broad SMARTS) is 1. The summed E-state index contributed by atoms with van der Waals surface area (Å²) < 4.78 is 0. The maximum Gasteiger partial charge on any atom is 0.307 e. The second-order valence-corrected chi connectivity index (χ2v) is 4.63. The topological polar surface area (TPSA) is 66.4 Å². The molecule has 1 rings (SSSR count). The summed E-state index contributed by atoms with van der Waals surface area (Å²) in [5.74, 6) is -0.300. The lowest BCUT2D eigenvalue weighted by Crippen LogP contribution is -2.27. The van der Waals surface area contributed by atoms with Gasteiger partial charge in [-0.1, -0.05) is 6.92 Å². The van der Waals surface area contributed by atoms with Crippen LogP contribution in [0.15, 0.2) is 0 Å². The fraction of sp³-hybridized carbons (Fsp3) is 0.778. The molecule has 1 aliphatic carbocycles. The lowest BCUT2D eigenvalue weighted by Gasteiger charge is -2.05. The molecule has 1 saturated carbocycles. The van der Waals surface area contributed by atoms with Crippen molar-refractivity contribution in [2.24, 2.45) is 5.92 Å². The second kappa shape index (κ2) is 5.24. The van der Waals surface area contributed by atoms with E-state index in [0.29, 0.717) is 17.5 Å². The van der Waals surface area contributed by atoms with E-state index < -0.39 is 5.97 Å². The van der Waals surface area contributed by atoms with Crippen LogP contribution in [0.1, 0.15) is 19.8 Å². The number of hydrogen-bond acceptors (Lipinski definition) is 3. The normalized spacial score (nSPS) is 17.5. The van der Waals surface area contributed by atoms with E-state index in [0.717, 1.165) is 12.8 Å². The van der Waals surface area contributed by atoms with Crippen LogP contribution in [0.25, 0.3) is 0 Å². The summed E-state index contributed by atoms with van der Waals surface area (Å²) in [6.07, 6.45) is 2.17. The second-order valence-electron chi connectivity index (χ2n) is 3.60. The van der Waals surface area contributed by atoms with Crippen LogP contribution in [0.5, 0.6) is 0 Å². The van der Waals surface area contributed by atoms with Crippen molar-refractivity contribution in [1.82, 2.24) is 5.32 Å². The zero-order chi connectivity index (χ0) is 10.6. The highest BCUT2D eigenvalue weighted by Crippen LogP contribution is 2.18. The van der Waals surface area contributed by atoms with Gasteiger partial charge in [0, 0.05) is 11.8 Å². The zero-order valence-corrected chi connectivity index (χ0v) is 8.97. The van der Waals surface area contributed by atoms with E-state index in [4.69, 9.17) is 5.11 Å². The minimum Gasteiger partial charge on any atom is -0.481 e. The third-order valence-corrected chi connectivity index (χ3v) is 3.17. The van der Waals surface area contributed by atoms with Crippen LogP contribution in [0.4, 0.5) is 0 Å². The third kappa shape index (κ3) is 4.50. The molecule has 0 heterocycles. The summed E-state index contributed by atoms with van der Waals surface area (Å²) in [7, 11) is 0. The van der Waals surface area contributed by atoms with Crippen LogP contribution in [0, 0.1) is 5.92 Å². The molecule has 80 valence electrons. The Morgan fingerprint density at radius 2 is 2.21 bits per heavy atom. The number of carbonyl (C=O) groups is 2. The molecule has 2 N–H and O–H groups in total. The maximum atomic E-state index is 11.2. The predicted octanol–water partition coefficient (Wildman–Crippen LogP) is 0.719. The molecule has 0 aromatic carbocycles. The first kappa shape index (κ1) is 11.4. The highest BCUT2D eigenvalue weighted by Gasteiger charge is 2.23. The number of carbonyl (C=O) groups excluding carboxylic acids is 1. The highest BCUT2D eigenvalue weighted by atomic mass is 32.2. The van der Waals surface area contributed by atoms with E-state index in [1.54, 1.807) is 6.92 Å². The van der Waals surface area contributed by atoms with Crippen LogP contribution < -0.4 is 5.32 Å². The molecule has 4 nitrogen and oxygen atoms in total. The largest absolute Gasteiger partial charge is 0.481 e. The monoisotopic (exact) mass is 217 g/mol. The van der Waals surface area contributed by atoms with E-state index in [2.05, 4.69) is 5.32 Å². The molecule has 1 aliphatic rings. The Labute approximate surface area is 87.4 Å². The Morgan fingerprint density at radius 3 is 2.71 bits per heavy atom. The lowest BCUT2D eigenvalue weighted by atomic mass is 10.2. The van der Waals surface area contributed by atoms with E-state index in [1.807, 2.05) is 0 Å². The number of hydrogen-bond donors (Lipinski definition) is 2. The quantitative estimate of drug-likeness (QED) is 0.688. The van der Waals surface area contributed by atoms with Gasteiger partial charge in [0.1, 0.15) is 0 Å². The van der Waals surface area contributed by atoms with Crippen LogP contribution >= 0.6 is 11.8 Å². The molecule has 0 aromatic rings. The average Bonchev–Trinajstić information content (AvgIpc) is 2.87. The summed E-state index contributed by atoms with van der Waals surface area (Å²) >= 11 is 1.37. The van der Waals surface area contributed by atoms with Crippen molar-refractivity contribution in [1.29, 1.82) is 0 Å². The third-order valence-electron chi connectivity index (χ3n) is 1.97. The van der Waals surface area contributed by atoms with Gasteiger partial charge in [0.2, 0.25) is 5.91 Å². The van der Waals surface area contributed by atoms with E-state index in [9.17, 15) is 9.59 Å². The maximum absolute atomic E-state index is 11.2. The minimum atomic E-state index is -0.805. The van der Waals surface area contributed by atoms with Crippen molar-refractivity contribution in [2.75, 3.05) is 11.5 Å². The van der Waals surface area contributed by atoms with Crippen LogP contribution in [-0.2, 0) is 9.59 Å². The van der Waals surface area contributed by atoms with Crippen molar-refractivity contribution < 1.29 is 14.7 Å². The molecule has 5 heteroatoms. The first-order chi connectivity index (χ1) is 6.59. The summed E-state index contributed by atoms with van der Waals surface area (Å²) in [4.78, 5) is 21.6. The smallest absolute Gasteiger partial charge is 0.307 e. The molecule has 0 radical (unpaired) electrons. The molecule has 1 fully saturated rings. The Bertz CT molecular complexity index is 228. The summed E-state index contributed by atoms with van der Waals surface area (Å²) in [6, 6.07) is 0.389. The van der Waals surface area contributed by atoms with E-state index >= 15 is 0 Å². The molecule has 0 aromatic heterocycles. The van der Waals surface area contributed by atoms with Crippen molar-refractivity contribution in [3.8, 4) is 0 Å². The first-order valence-corrected chi connectivity index (χ1v) is 5.85. The van der Waals surface area contributed by atoms with Gasteiger partial charge in [-0.05, 0) is 12.8 Å². The standard InChI is InChI=1S/C9H15NO3S/c1-6(9(12)13)4-14-5-8(11)10-7-2-3-7/h6-7H,2-5H2,1H3,(H,10,11)(H,12,13). The number of thioether (sulfide) groups is 1. The molecule has 0 aliphatic heterocycles. The van der Waals surface area contributed by atoms with Crippen LogP contribution in [-0.4, -0.2) is 34.5 Å². The lowest BCUT2D eigenvalue weighted by molar-refractivity contribution is -0.140. The van der Waals surface area contributed by atoms with Gasteiger partial charge in [-0.25, -0.2) is 0 Å². The Morgan fingerprint density at radius 1 is 1.57 bits per heavy atom. The molecule has 1 atom stereocenters. The Hall–Kier alpha value is -0.710. The fourth-order valence-corrected chi connectivity index (χ4v) is 1.78. The van der Waals surface area contributed by atoms with Gasteiger partial charge < -0.3 is 10.4 Å². The van der Waals surface area contributed by atoms with Crippen molar-refractivity contribution in [3.05, 3.63) is 0 Å². The number of rotatable bonds is 6. The van der Waals surface area contributed by atoms with E-state index in [-0.39, 0.29) is 11.8 Å². The fourth-order valence-electron chi connectivity index (χ4n) is 0.897. The van der Waals surface area contributed by atoms with Gasteiger partial charge in [-0.3, -0.25) is 9.59 Å². The van der Waals surface area contributed by atoms with Gasteiger partial charge >= 0.3 is 5.97 Å². The number of carboxylic acids is 1. The van der Waals surface area contributed by atoms with Gasteiger partial charge in [-0.2, -0.15) is 11.8 Å². The number of nitrogens with one attached hydrogen (secondary N) is 1. The predicted molar refractivity (Wildman–Crippen MR) is 55.3 cm³/mol. The van der Waals surface area contributed by atoms with Crippen LogP contribution in [0.3, 0.4) is 0 Å². The summed E-state index contributed by atoms with van der Waals surface area (Å²) in [5.41, 5.74) is 0. The average molecular weight is 217 g/mol. The summed E-state index contributed by atoms with van der Waals surface area (Å²) in [5, 5.41) is 11.4. The molecular weight excluding hydrogens is 202 g/mol. The van der Waals surface area contributed by atoms with Gasteiger partial charge in [0.25, 0.3) is 0 Å². The minimum absolute atomic E-state index is 0.0232. The zero-order valence-electron chi connectivity index (χ0n) is 8.16. The van der Waals surface area contributed by atoms with Gasteiger partial charge in [0.05, 0.1) is 11.7 Å². The molecule has 14 heavy (non-hydrogen) atoms. The van der Waals surface area contributed by atoms with E-state index in [1.165, 1.54) is 11.8 Å². The van der Waals surface area contributed by atoms with Crippen LogP contribution in [0.2, 0.25) is 0 Å². The highest BCUT2D eigenvalue weighted by molar-refractivity contribution is 7.99. The van der Waals surface area contributed by atoms with Gasteiger partial charge in [0.15, 0.2) is 0 Å². The summed E-state index contributed by atoms with van der Waals surface area (Å²) in [6.45, 7) is 1.65. The molecule has 0 bridgehead atoms. The molecule has 0 saturated heterocycles. The molecule has 0 spiro atoms. The number of aliphatic carboxylic acids is 1. The Kier molecular flexibility index (Phi) is 4.25. The molecular formula is C9H15NO3S. The van der Waals surface area contributed by atoms with Crippen molar-refractivity contribution in [3.63, 3.8) is 0 Å². The van der Waals surface area contributed by atoms with Gasteiger partial charge in [-0.15, -0.1) is 0 Å². The van der Waals surface area contributed by atoms with Crippen molar-refractivity contribution in [2.45, 2.75) is 25.8 Å². The Balaban J connectivity index is 2.01. The van der Waals surface area contributed by atoms with Crippen molar-refractivity contribution >= 4 is 23.6 Å². The number of amides is 1. The SMILES string of the molecule is CC(CSCC(=O)NC1CC1)C(=O)O.